The zero-order chi connectivity index (χ0) is 16.6. The monoisotopic (exact) mass is 310 g/mol. The van der Waals surface area contributed by atoms with Crippen LogP contribution >= 0.6 is 0 Å². The highest BCUT2D eigenvalue weighted by Gasteiger charge is 2.42. The third-order valence-electron chi connectivity index (χ3n) is 4.18. The minimum atomic E-state index is -1.37. The maximum Gasteiger partial charge on any atom is 0.332 e. The van der Waals surface area contributed by atoms with E-state index in [-0.39, 0.29) is 24.8 Å². The Morgan fingerprint density at radius 2 is 1.36 bits per heavy atom. The van der Waals surface area contributed by atoms with Gasteiger partial charge in [-0.25, -0.2) is 4.79 Å². The van der Waals surface area contributed by atoms with Crippen molar-refractivity contribution in [3.05, 3.63) is 22.8 Å². The standard InChI is InChI=1S/C14H14O8/c15-11(16)7-1-5-2-9(13(19)20)10(14(21)22)4-6(5)3-8(7)12(17)18/h1,8-10H,2-4H2,(H,15,16)(H,17,18)(H,19,20)(H,21,22). The quantitative estimate of drug-likeness (QED) is 0.589. The van der Waals surface area contributed by atoms with E-state index in [9.17, 15) is 19.2 Å². The van der Waals surface area contributed by atoms with Crippen molar-refractivity contribution < 1.29 is 39.6 Å². The molecular weight excluding hydrogens is 296 g/mol. The van der Waals surface area contributed by atoms with Gasteiger partial charge in [-0.2, -0.15) is 0 Å². The fourth-order valence-electron chi connectivity index (χ4n) is 3.03. The van der Waals surface area contributed by atoms with Gasteiger partial charge in [-0.15, -0.1) is 0 Å². The van der Waals surface area contributed by atoms with E-state index in [1.165, 1.54) is 6.08 Å². The first kappa shape index (κ1) is 15.7. The van der Waals surface area contributed by atoms with Crippen LogP contribution in [0.1, 0.15) is 19.3 Å². The summed E-state index contributed by atoms with van der Waals surface area (Å²) in [6.45, 7) is 0. The summed E-state index contributed by atoms with van der Waals surface area (Å²) in [5, 5.41) is 36.5. The number of carbonyl (C=O) groups is 4. The van der Waals surface area contributed by atoms with Gasteiger partial charge in [-0.1, -0.05) is 5.57 Å². The van der Waals surface area contributed by atoms with Gasteiger partial charge in [0.1, 0.15) is 0 Å². The van der Waals surface area contributed by atoms with Crippen LogP contribution in [0.5, 0.6) is 0 Å². The van der Waals surface area contributed by atoms with E-state index >= 15 is 0 Å². The van der Waals surface area contributed by atoms with E-state index < -0.39 is 41.6 Å². The number of carboxylic acids is 4. The summed E-state index contributed by atoms with van der Waals surface area (Å²) >= 11 is 0. The Morgan fingerprint density at radius 1 is 0.818 bits per heavy atom. The topological polar surface area (TPSA) is 149 Å². The molecule has 0 heterocycles. The van der Waals surface area contributed by atoms with Gasteiger partial charge in [0.15, 0.2) is 0 Å². The van der Waals surface area contributed by atoms with Crippen LogP contribution in [0.15, 0.2) is 22.8 Å². The normalized spacial score (nSPS) is 27.6. The van der Waals surface area contributed by atoms with Crippen LogP contribution in [0.4, 0.5) is 0 Å². The van der Waals surface area contributed by atoms with Gasteiger partial charge in [0.05, 0.1) is 23.3 Å². The molecular formula is C14H14O8. The predicted molar refractivity (Wildman–Crippen MR) is 70.0 cm³/mol. The van der Waals surface area contributed by atoms with E-state index in [4.69, 9.17) is 20.4 Å². The molecule has 0 amide bonds. The van der Waals surface area contributed by atoms with Crippen LogP contribution in [0.25, 0.3) is 0 Å². The van der Waals surface area contributed by atoms with Crippen LogP contribution in [0, 0.1) is 17.8 Å². The van der Waals surface area contributed by atoms with Crippen molar-refractivity contribution in [1.29, 1.82) is 0 Å². The number of aliphatic carboxylic acids is 4. The lowest BCUT2D eigenvalue weighted by Gasteiger charge is -2.33. The Bertz CT molecular complexity index is 627. The first-order valence-electron chi connectivity index (χ1n) is 6.56. The Hall–Kier alpha value is -2.64. The molecule has 0 spiro atoms. The fourth-order valence-corrected chi connectivity index (χ4v) is 3.03. The molecule has 3 atom stereocenters. The molecule has 0 aromatic rings. The molecule has 2 aliphatic carbocycles. The smallest absolute Gasteiger partial charge is 0.332 e. The van der Waals surface area contributed by atoms with Crippen molar-refractivity contribution in [3.63, 3.8) is 0 Å². The van der Waals surface area contributed by atoms with Crippen molar-refractivity contribution in [1.82, 2.24) is 0 Å². The molecule has 4 N–H and O–H groups in total. The Kier molecular flexibility index (Phi) is 4.03. The molecule has 2 aliphatic rings. The van der Waals surface area contributed by atoms with Crippen molar-refractivity contribution in [2.75, 3.05) is 0 Å². The lowest BCUT2D eigenvalue weighted by atomic mass is 9.70. The van der Waals surface area contributed by atoms with Gasteiger partial charge in [0.25, 0.3) is 0 Å². The number of rotatable bonds is 4. The molecule has 0 saturated heterocycles. The molecule has 0 aliphatic heterocycles. The maximum atomic E-state index is 11.2. The first-order chi connectivity index (χ1) is 10.2. The number of hydrogen-bond acceptors (Lipinski definition) is 4. The second-order valence-electron chi connectivity index (χ2n) is 5.43. The molecule has 8 nitrogen and oxygen atoms in total. The fraction of sp³-hybridized carbons (Fsp3) is 0.429. The summed E-state index contributed by atoms with van der Waals surface area (Å²) in [4.78, 5) is 44.8. The minimum absolute atomic E-state index is 0.0746. The van der Waals surface area contributed by atoms with Gasteiger partial charge in [-0.05, 0) is 30.9 Å². The van der Waals surface area contributed by atoms with Crippen LogP contribution in [-0.4, -0.2) is 44.3 Å². The molecule has 0 fully saturated rings. The van der Waals surface area contributed by atoms with Gasteiger partial charge in [-0.3, -0.25) is 14.4 Å². The second kappa shape index (κ2) is 5.63. The summed E-state index contributed by atoms with van der Waals surface area (Å²) < 4.78 is 0. The molecule has 0 radical (unpaired) electrons. The maximum absolute atomic E-state index is 11.2. The summed E-state index contributed by atoms with van der Waals surface area (Å²) in [6, 6.07) is 0. The van der Waals surface area contributed by atoms with Crippen LogP contribution in [0.3, 0.4) is 0 Å². The SMILES string of the molecule is O=C(O)C1=CC2=C(CC1C(=O)O)CC(C(=O)O)C(C(=O)O)C2. The molecule has 0 bridgehead atoms. The third-order valence-corrected chi connectivity index (χ3v) is 4.18. The van der Waals surface area contributed by atoms with Gasteiger partial charge in [0.2, 0.25) is 0 Å². The second-order valence-corrected chi connectivity index (χ2v) is 5.43. The molecule has 2 rings (SSSR count). The Labute approximate surface area is 124 Å². The van der Waals surface area contributed by atoms with Gasteiger partial charge in [0, 0.05) is 0 Å². The van der Waals surface area contributed by atoms with Crippen molar-refractivity contribution in [2.45, 2.75) is 19.3 Å². The van der Waals surface area contributed by atoms with Gasteiger partial charge >= 0.3 is 23.9 Å². The lowest BCUT2D eigenvalue weighted by molar-refractivity contribution is -0.154. The molecule has 118 valence electrons. The third kappa shape index (κ3) is 2.72. The van der Waals surface area contributed by atoms with Crippen LogP contribution < -0.4 is 0 Å². The van der Waals surface area contributed by atoms with Crippen molar-refractivity contribution in [2.24, 2.45) is 17.8 Å². The molecule has 22 heavy (non-hydrogen) atoms. The van der Waals surface area contributed by atoms with E-state index in [1.807, 2.05) is 0 Å². The number of hydrogen-bond donors (Lipinski definition) is 4. The molecule has 0 aromatic heterocycles. The van der Waals surface area contributed by atoms with E-state index in [0.29, 0.717) is 11.1 Å². The molecule has 3 unspecified atom stereocenters. The number of carboxylic acid groups (broad SMARTS) is 4. The highest BCUT2D eigenvalue weighted by molar-refractivity contribution is 5.95. The van der Waals surface area contributed by atoms with E-state index in [1.54, 1.807) is 0 Å². The number of allylic oxidation sites excluding steroid dienone is 3. The summed E-state index contributed by atoms with van der Waals surface area (Å²) in [7, 11) is 0. The Morgan fingerprint density at radius 3 is 1.82 bits per heavy atom. The van der Waals surface area contributed by atoms with Crippen LogP contribution in [0.2, 0.25) is 0 Å². The zero-order valence-electron chi connectivity index (χ0n) is 11.4. The molecule has 8 heteroatoms. The van der Waals surface area contributed by atoms with Crippen molar-refractivity contribution >= 4 is 23.9 Å². The first-order valence-corrected chi connectivity index (χ1v) is 6.56. The largest absolute Gasteiger partial charge is 0.481 e. The highest BCUT2D eigenvalue weighted by atomic mass is 16.4. The Balaban J connectivity index is 2.43. The van der Waals surface area contributed by atoms with E-state index in [0.717, 1.165) is 0 Å². The average molecular weight is 310 g/mol. The van der Waals surface area contributed by atoms with Gasteiger partial charge < -0.3 is 20.4 Å². The molecule has 0 saturated carbocycles. The summed E-state index contributed by atoms with van der Waals surface area (Å²) in [6.07, 6.45) is 0.909. The molecule has 0 aromatic carbocycles. The summed E-state index contributed by atoms with van der Waals surface area (Å²) in [5.41, 5.74) is 0.645. The summed E-state index contributed by atoms with van der Waals surface area (Å²) in [5.74, 6) is -8.71. The zero-order valence-corrected chi connectivity index (χ0v) is 11.4. The predicted octanol–water partition coefficient (Wildman–Crippen LogP) is 0.594. The van der Waals surface area contributed by atoms with Crippen molar-refractivity contribution in [3.8, 4) is 0 Å². The lowest BCUT2D eigenvalue weighted by Crippen LogP contribution is -2.36. The minimum Gasteiger partial charge on any atom is -0.481 e. The van der Waals surface area contributed by atoms with E-state index in [2.05, 4.69) is 0 Å². The average Bonchev–Trinajstić information content (AvgIpc) is 2.43. The highest BCUT2D eigenvalue weighted by Crippen LogP contribution is 2.42. The van der Waals surface area contributed by atoms with Crippen LogP contribution in [-0.2, 0) is 19.2 Å².